The van der Waals surface area contributed by atoms with Crippen molar-refractivity contribution in [3.8, 4) is 0 Å². The van der Waals surface area contributed by atoms with Crippen LogP contribution in [0.2, 0.25) is 5.02 Å². The van der Waals surface area contributed by atoms with E-state index in [0.29, 0.717) is 12.1 Å². The van der Waals surface area contributed by atoms with E-state index in [1.165, 1.54) is 22.3 Å². The van der Waals surface area contributed by atoms with Gasteiger partial charge in [-0.3, -0.25) is 0 Å². The van der Waals surface area contributed by atoms with E-state index in [4.69, 9.17) is 11.6 Å². The van der Waals surface area contributed by atoms with Gasteiger partial charge in [-0.2, -0.15) is 0 Å². The number of hydrogen-bond donors (Lipinski definition) is 1. The summed E-state index contributed by atoms with van der Waals surface area (Å²) < 4.78 is 0. The zero-order valence-corrected chi connectivity index (χ0v) is 14.0. The Kier molecular flexibility index (Phi) is 5.44. The molecule has 0 spiro atoms. The average Bonchev–Trinajstić information content (AvgIpc) is 2.41. The van der Waals surface area contributed by atoms with Gasteiger partial charge in [-0.25, -0.2) is 0 Å². The lowest BCUT2D eigenvalue weighted by Gasteiger charge is -2.22. The highest BCUT2D eigenvalue weighted by molar-refractivity contribution is 6.30. The number of hydrogen-bond acceptors (Lipinski definition) is 1. The minimum absolute atomic E-state index is 0.346. The van der Waals surface area contributed by atoms with Crippen LogP contribution in [0.25, 0.3) is 0 Å². The first-order chi connectivity index (χ1) is 9.95. The molecule has 0 amide bonds. The van der Waals surface area contributed by atoms with Gasteiger partial charge in [-0.1, -0.05) is 47.5 Å². The summed E-state index contributed by atoms with van der Waals surface area (Å²) in [6, 6.07) is 15.5. The molecule has 0 bridgehead atoms. The van der Waals surface area contributed by atoms with E-state index in [-0.39, 0.29) is 0 Å². The minimum Gasteiger partial charge on any atom is -0.307 e. The maximum absolute atomic E-state index is 6.05. The number of rotatable bonds is 5. The van der Waals surface area contributed by atoms with Crippen molar-refractivity contribution < 1.29 is 0 Å². The fourth-order valence-corrected chi connectivity index (χ4v) is 3.03. The third-order valence-electron chi connectivity index (χ3n) is 3.87. The number of aryl methyl sites for hydroxylation is 2. The molecule has 2 aromatic rings. The molecule has 0 aliphatic heterocycles. The van der Waals surface area contributed by atoms with Crippen molar-refractivity contribution in [2.75, 3.05) is 0 Å². The molecule has 0 fully saturated rings. The topological polar surface area (TPSA) is 12.0 Å². The van der Waals surface area contributed by atoms with E-state index in [1.54, 1.807) is 0 Å². The first kappa shape index (κ1) is 16.1. The molecule has 1 nitrogen and oxygen atoms in total. The van der Waals surface area contributed by atoms with Crippen molar-refractivity contribution in [3.05, 3.63) is 69.7 Å². The van der Waals surface area contributed by atoms with Crippen LogP contribution in [0.3, 0.4) is 0 Å². The second-order valence-electron chi connectivity index (χ2n) is 5.98. The highest BCUT2D eigenvalue weighted by Gasteiger charge is 2.12. The quantitative estimate of drug-likeness (QED) is 0.796. The molecular formula is C19H24ClN. The number of nitrogens with one attached hydrogen (secondary N) is 1. The van der Waals surface area contributed by atoms with Gasteiger partial charge in [0.15, 0.2) is 0 Å². The van der Waals surface area contributed by atoms with Crippen LogP contribution in [0.4, 0.5) is 0 Å². The molecule has 2 heteroatoms. The maximum atomic E-state index is 6.05. The summed E-state index contributed by atoms with van der Waals surface area (Å²) in [4.78, 5) is 0. The summed E-state index contributed by atoms with van der Waals surface area (Å²) in [5.74, 6) is 0. The van der Waals surface area contributed by atoms with Crippen LogP contribution in [0.1, 0.15) is 42.1 Å². The van der Waals surface area contributed by atoms with Crippen molar-refractivity contribution >= 4 is 11.6 Å². The van der Waals surface area contributed by atoms with Crippen molar-refractivity contribution in [3.63, 3.8) is 0 Å². The van der Waals surface area contributed by atoms with E-state index in [1.807, 2.05) is 18.2 Å². The molecule has 1 N–H and O–H groups in total. The normalized spacial score (nSPS) is 14.0. The van der Waals surface area contributed by atoms with Crippen molar-refractivity contribution in [2.24, 2.45) is 0 Å². The van der Waals surface area contributed by atoms with Gasteiger partial charge in [-0.15, -0.1) is 0 Å². The Hall–Kier alpha value is -1.31. The fourth-order valence-electron chi connectivity index (χ4n) is 2.82. The van der Waals surface area contributed by atoms with E-state index in [2.05, 4.69) is 57.3 Å². The number of halogens is 1. The van der Waals surface area contributed by atoms with Crippen LogP contribution in [0.5, 0.6) is 0 Å². The molecule has 0 saturated carbocycles. The maximum Gasteiger partial charge on any atom is 0.0408 e. The van der Waals surface area contributed by atoms with E-state index in [9.17, 15) is 0 Å². The second kappa shape index (κ2) is 7.11. The predicted octanol–water partition coefficient (Wildman–Crippen LogP) is 5.24. The van der Waals surface area contributed by atoms with Crippen LogP contribution >= 0.6 is 11.6 Å². The summed E-state index contributed by atoms with van der Waals surface area (Å²) in [5.41, 5.74) is 5.31. The molecular weight excluding hydrogens is 278 g/mol. The Morgan fingerprint density at radius 2 is 1.81 bits per heavy atom. The van der Waals surface area contributed by atoms with Crippen LogP contribution in [-0.2, 0) is 6.42 Å². The molecule has 0 aliphatic carbocycles. The highest BCUT2D eigenvalue weighted by Crippen LogP contribution is 2.20. The van der Waals surface area contributed by atoms with E-state index < -0.39 is 0 Å². The summed E-state index contributed by atoms with van der Waals surface area (Å²) in [5, 5.41) is 4.50. The molecule has 21 heavy (non-hydrogen) atoms. The molecule has 0 aromatic heterocycles. The highest BCUT2D eigenvalue weighted by atomic mass is 35.5. The lowest BCUT2D eigenvalue weighted by Crippen LogP contribution is -2.31. The average molecular weight is 302 g/mol. The monoisotopic (exact) mass is 301 g/mol. The third-order valence-corrected chi connectivity index (χ3v) is 4.10. The SMILES string of the molecule is Cc1ccc(C)c(C(C)NC(C)Cc2cccc(Cl)c2)c1. The van der Waals surface area contributed by atoms with Gasteiger partial charge >= 0.3 is 0 Å². The third kappa shape index (κ3) is 4.59. The molecule has 2 unspecified atom stereocenters. The molecule has 0 heterocycles. The van der Waals surface area contributed by atoms with Crippen molar-refractivity contribution in [1.82, 2.24) is 5.32 Å². The Bertz CT molecular complexity index is 606. The second-order valence-corrected chi connectivity index (χ2v) is 6.42. The summed E-state index contributed by atoms with van der Waals surface area (Å²) in [6.45, 7) is 8.78. The Morgan fingerprint density at radius 3 is 2.52 bits per heavy atom. The molecule has 112 valence electrons. The van der Waals surface area contributed by atoms with Gasteiger partial charge in [0, 0.05) is 17.1 Å². The first-order valence-electron chi connectivity index (χ1n) is 7.53. The van der Waals surface area contributed by atoms with Gasteiger partial charge in [0.25, 0.3) is 0 Å². The van der Waals surface area contributed by atoms with Gasteiger partial charge < -0.3 is 5.32 Å². The largest absolute Gasteiger partial charge is 0.307 e. The Balaban J connectivity index is 2.01. The van der Waals surface area contributed by atoms with E-state index >= 15 is 0 Å². The summed E-state index contributed by atoms with van der Waals surface area (Å²) in [7, 11) is 0. The molecule has 2 atom stereocenters. The Labute approximate surface area is 133 Å². The lowest BCUT2D eigenvalue weighted by molar-refractivity contribution is 0.476. The molecule has 2 aromatic carbocycles. The zero-order chi connectivity index (χ0) is 15.4. The van der Waals surface area contributed by atoms with Crippen LogP contribution in [-0.4, -0.2) is 6.04 Å². The lowest BCUT2D eigenvalue weighted by atomic mass is 9.98. The molecule has 2 rings (SSSR count). The first-order valence-corrected chi connectivity index (χ1v) is 7.91. The molecule has 0 saturated heterocycles. The number of benzene rings is 2. The van der Waals surface area contributed by atoms with Crippen LogP contribution in [0, 0.1) is 13.8 Å². The van der Waals surface area contributed by atoms with Crippen molar-refractivity contribution in [1.29, 1.82) is 0 Å². The van der Waals surface area contributed by atoms with Gasteiger partial charge in [0.05, 0.1) is 0 Å². The zero-order valence-electron chi connectivity index (χ0n) is 13.3. The van der Waals surface area contributed by atoms with Gasteiger partial charge in [0.2, 0.25) is 0 Å². The van der Waals surface area contributed by atoms with Crippen LogP contribution in [0.15, 0.2) is 42.5 Å². The van der Waals surface area contributed by atoms with E-state index in [0.717, 1.165) is 11.4 Å². The fraction of sp³-hybridized carbons (Fsp3) is 0.368. The van der Waals surface area contributed by atoms with Crippen molar-refractivity contribution in [2.45, 2.75) is 46.2 Å². The van der Waals surface area contributed by atoms with Crippen LogP contribution < -0.4 is 5.32 Å². The molecule has 0 radical (unpaired) electrons. The molecule has 0 aliphatic rings. The van der Waals surface area contributed by atoms with Gasteiger partial charge in [-0.05, 0) is 62.9 Å². The Morgan fingerprint density at radius 1 is 1.05 bits per heavy atom. The predicted molar refractivity (Wildman–Crippen MR) is 92.1 cm³/mol. The standard InChI is InChI=1S/C19H24ClN/c1-13-8-9-14(2)19(10-13)16(4)21-15(3)11-17-6-5-7-18(20)12-17/h5-10,12,15-16,21H,11H2,1-4H3. The minimum atomic E-state index is 0.346. The summed E-state index contributed by atoms with van der Waals surface area (Å²) in [6.07, 6.45) is 0.982. The summed E-state index contributed by atoms with van der Waals surface area (Å²) >= 11 is 6.05. The van der Waals surface area contributed by atoms with Gasteiger partial charge in [0.1, 0.15) is 0 Å². The smallest absolute Gasteiger partial charge is 0.0408 e.